The van der Waals surface area contributed by atoms with E-state index in [0.717, 1.165) is 12.1 Å². The molecule has 1 aliphatic carbocycles. The molecule has 1 saturated carbocycles. The summed E-state index contributed by atoms with van der Waals surface area (Å²) in [4.78, 5) is 12.1. The third-order valence-electron chi connectivity index (χ3n) is 4.34. The van der Waals surface area contributed by atoms with Gasteiger partial charge < -0.3 is 0 Å². The zero-order valence-corrected chi connectivity index (χ0v) is 11.8. The molecule has 0 atom stereocenters. The van der Waals surface area contributed by atoms with Crippen LogP contribution in [0.2, 0.25) is 0 Å². The van der Waals surface area contributed by atoms with E-state index in [0.29, 0.717) is 18.2 Å². The summed E-state index contributed by atoms with van der Waals surface area (Å²) in [5.74, 6) is 0.293. The number of ketones is 1. The first-order valence-corrected chi connectivity index (χ1v) is 7.10. The highest BCUT2D eigenvalue weighted by Gasteiger charge is 2.26. The van der Waals surface area contributed by atoms with Crippen molar-refractivity contribution in [3.8, 4) is 0 Å². The normalized spacial score (nSPS) is 17.3. The van der Waals surface area contributed by atoms with Crippen LogP contribution in [0.4, 0.5) is 0 Å². The highest BCUT2D eigenvalue weighted by Crippen LogP contribution is 2.29. The van der Waals surface area contributed by atoms with Crippen LogP contribution in [0, 0.1) is 5.41 Å². The number of Topliss-reactive ketones (excluding diaryl/α,β-unsaturated/α-hetero) is 1. The van der Waals surface area contributed by atoms with Crippen molar-refractivity contribution in [2.45, 2.75) is 65.3 Å². The van der Waals surface area contributed by atoms with Gasteiger partial charge in [-0.25, -0.2) is 0 Å². The maximum absolute atomic E-state index is 12.1. The fourth-order valence-corrected chi connectivity index (χ4v) is 2.44. The summed E-state index contributed by atoms with van der Waals surface area (Å²) in [7, 11) is 0. The summed E-state index contributed by atoms with van der Waals surface area (Å²) < 4.78 is 2.06. The molecular weight excluding hydrogens is 224 g/mol. The number of rotatable bonds is 5. The Bertz CT molecular complexity index is 414. The van der Waals surface area contributed by atoms with Crippen molar-refractivity contribution in [3.63, 3.8) is 0 Å². The average Bonchev–Trinajstić information content (AvgIpc) is 2.98. The molecule has 0 saturated heterocycles. The predicted octanol–water partition coefficient (Wildman–Crippen LogP) is 3.55. The van der Waals surface area contributed by atoms with E-state index in [4.69, 9.17) is 0 Å². The highest BCUT2D eigenvalue weighted by molar-refractivity contribution is 5.85. The number of hydrogen-bond donors (Lipinski definition) is 0. The standard InChI is InChI=1S/C15H24N2O/c1-4-15(2,3)14(18)11-12-9-10-17(16-12)13-7-5-6-8-13/h9-10,13H,4-8,11H2,1-3H3. The third kappa shape index (κ3) is 2.82. The molecular formula is C15H24N2O. The molecule has 0 bridgehead atoms. The predicted molar refractivity (Wildman–Crippen MR) is 72.5 cm³/mol. The van der Waals surface area contributed by atoms with E-state index in [1.807, 2.05) is 26.1 Å². The van der Waals surface area contributed by atoms with Crippen LogP contribution in [0.1, 0.15) is 64.6 Å². The first kappa shape index (κ1) is 13.3. The van der Waals surface area contributed by atoms with E-state index >= 15 is 0 Å². The van der Waals surface area contributed by atoms with Gasteiger partial charge in [0.25, 0.3) is 0 Å². The number of nitrogens with zero attached hydrogens (tertiary/aromatic N) is 2. The van der Waals surface area contributed by atoms with Crippen LogP contribution < -0.4 is 0 Å². The van der Waals surface area contributed by atoms with Crippen molar-refractivity contribution < 1.29 is 4.79 Å². The molecule has 3 heteroatoms. The summed E-state index contributed by atoms with van der Waals surface area (Å²) in [6, 6.07) is 2.56. The molecule has 0 spiro atoms. The van der Waals surface area contributed by atoms with Gasteiger partial charge in [-0.2, -0.15) is 5.10 Å². The van der Waals surface area contributed by atoms with Gasteiger partial charge in [-0.3, -0.25) is 9.48 Å². The van der Waals surface area contributed by atoms with Gasteiger partial charge in [-0.05, 0) is 25.3 Å². The molecule has 0 N–H and O–H groups in total. The lowest BCUT2D eigenvalue weighted by Crippen LogP contribution is -2.25. The van der Waals surface area contributed by atoms with E-state index in [1.165, 1.54) is 25.7 Å². The molecule has 0 aromatic carbocycles. The Kier molecular flexibility index (Phi) is 3.88. The minimum Gasteiger partial charge on any atom is -0.299 e. The van der Waals surface area contributed by atoms with Gasteiger partial charge in [-0.1, -0.05) is 33.6 Å². The van der Waals surface area contributed by atoms with Crippen molar-refractivity contribution >= 4 is 5.78 Å². The van der Waals surface area contributed by atoms with E-state index in [-0.39, 0.29) is 5.41 Å². The van der Waals surface area contributed by atoms with Gasteiger partial charge in [-0.15, -0.1) is 0 Å². The van der Waals surface area contributed by atoms with Gasteiger partial charge in [0.15, 0.2) is 0 Å². The number of aromatic nitrogens is 2. The number of carbonyl (C=O) groups excluding carboxylic acids is 1. The van der Waals surface area contributed by atoms with E-state index in [2.05, 4.69) is 16.7 Å². The minimum atomic E-state index is -0.225. The zero-order chi connectivity index (χ0) is 13.2. The molecule has 0 aliphatic heterocycles. The monoisotopic (exact) mass is 248 g/mol. The second-order valence-corrected chi connectivity index (χ2v) is 6.06. The summed E-state index contributed by atoms with van der Waals surface area (Å²) in [6.45, 7) is 6.10. The van der Waals surface area contributed by atoms with Crippen molar-refractivity contribution in [1.29, 1.82) is 0 Å². The highest BCUT2D eigenvalue weighted by atomic mass is 16.1. The van der Waals surface area contributed by atoms with Crippen LogP contribution in [-0.2, 0) is 11.2 Å². The van der Waals surface area contributed by atoms with Gasteiger partial charge in [0.1, 0.15) is 5.78 Å². The van der Waals surface area contributed by atoms with Crippen LogP contribution in [0.15, 0.2) is 12.3 Å². The Morgan fingerprint density at radius 3 is 2.72 bits per heavy atom. The average molecular weight is 248 g/mol. The Labute approximate surface area is 110 Å². The molecule has 100 valence electrons. The van der Waals surface area contributed by atoms with Gasteiger partial charge in [0.05, 0.1) is 18.2 Å². The molecule has 0 amide bonds. The molecule has 0 unspecified atom stereocenters. The summed E-state index contributed by atoms with van der Waals surface area (Å²) in [5, 5.41) is 4.58. The third-order valence-corrected chi connectivity index (χ3v) is 4.34. The van der Waals surface area contributed by atoms with Gasteiger partial charge in [0, 0.05) is 11.6 Å². The lowest BCUT2D eigenvalue weighted by atomic mass is 9.83. The van der Waals surface area contributed by atoms with Gasteiger partial charge in [0.2, 0.25) is 0 Å². The first-order chi connectivity index (χ1) is 8.53. The molecule has 1 aromatic rings. The van der Waals surface area contributed by atoms with Crippen LogP contribution in [0.3, 0.4) is 0 Å². The van der Waals surface area contributed by atoms with Crippen LogP contribution in [-0.4, -0.2) is 15.6 Å². The topological polar surface area (TPSA) is 34.9 Å². The van der Waals surface area contributed by atoms with Crippen LogP contribution in [0.5, 0.6) is 0 Å². The fourth-order valence-electron chi connectivity index (χ4n) is 2.44. The maximum atomic E-state index is 12.1. The Morgan fingerprint density at radius 2 is 2.11 bits per heavy atom. The largest absolute Gasteiger partial charge is 0.299 e. The number of hydrogen-bond acceptors (Lipinski definition) is 2. The van der Waals surface area contributed by atoms with Crippen LogP contribution >= 0.6 is 0 Å². The fraction of sp³-hybridized carbons (Fsp3) is 0.733. The lowest BCUT2D eigenvalue weighted by Gasteiger charge is -2.20. The molecule has 1 fully saturated rings. The molecule has 1 aliphatic rings. The zero-order valence-electron chi connectivity index (χ0n) is 11.8. The van der Waals surface area contributed by atoms with E-state index < -0.39 is 0 Å². The molecule has 3 nitrogen and oxygen atoms in total. The molecule has 18 heavy (non-hydrogen) atoms. The molecule has 1 aromatic heterocycles. The quantitative estimate of drug-likeness (QED) is 0.798. The van der Waals surface area contributed by atoms with E-state index in [9.17, 15) is 4.79 Å². The molecule has 1 heterocycles. The SMILES string of the molecule is CCC(C)(C)C(=O)Cc1ccn(C2CCCC2)n1. The maximum Gasteiger partial charge on any atom is 0.144 e. The molecule has 2 rings (SSSR count). The summed E-state index contributed by atoms with van der Waals surface area (Å²) in [5.41, 5.74) is 0.699. The Balaban J connectivity index is 2.00. The second-order valence-electron chi connectivity index (χ2n) is 6.06. The summed E-state index contributed by atoms with van der Waals surface area (Å²) >= 11 is 0. The van der Waals surface area contributed by atoms with E-state index in [1.54, 1.807) is 0 Å². The lowest BCUT2D eigenvalue weighted by molar-refractivity contribution is -0.126. The smallest absolute Gasteiger partial charge is 0.144 e. The Hall–Kier alpha value is -1.12. The van der Waals surface area contributed by atoms with Gasteiger partial charge >= 0.3 is 0 Å². The number of carbonyl (C=O) groups is 1. The van der Waals surface area contributed by atoms with Crippen LogP contribution in [0.25, 0.3) is 0 Å². The van der Waals surface area contributed by atoms with Crippen molar-refractivity contribution in [1.82, 2.24) is 9.78 Å². The van der Waals surface area contributed by atoms with Crippen molar-refractivity contribution in [2.75, 3.05) is 0 Å². The first-order valence-electron chi connectivity index (χ1n) is 7.10. The van der Waals surface area contributed by atoms with Crippen molar-refractivity contribution in [2.24, 2.45) is 5.41 Å². The summed E-state index contributed by atoms with van der Waals surface area (Å²) in [6.07, 6.45) is 8.47. The molecule has 0 radical (unpaired) electrons. The second kappa shape index (κ2) is 5.25. The Morgan fingerprint density at radius 1 is 1.44 bits per heavy atom. The van der Waals surface area contributed by atoms with Crippen molar-refractivity contribution in [3.05, 3.63) is 18.0 Å². The minimum absolute atomic E-state index is 0.225.